The molecule has 1 amide bonds. The molecule has 1 fully saturated rings. The molecule has 1 aliphatic heterocycles. The minimum absolute atomic E-state index is 0.0457. The maximum absolute atomic E-state index is 11.6. The van der Waals surface area contributed by atoms with Gasteiger partial charge in [0.25, 0.3) is 0 Å². The second-order valence-electron chi connectivity index (χ2n) is 4.96. The maximum atomic E-state index is 11.6. The van der Waals surface area contributed by atoms with E-state index in [0.717, 1.165) is 5.39 Å². The van der Waals surface area contributed by atoms with Gasteiger partial charge >= 0.3 is 0 Å². The molecule has 1 aliphatic rings. The lowest BCUT2D eigenvalue weighted by Crippen LogP contribution is -2.37. The van der Waals surface area contributed by atoms with Gasteiger partial charge in [-0.1, -0.05) is 0 Å². The van der Waals surface area contributed by atoms with E-state index in [9.17, 15) is 9.90 Å². The number of nitrogens with zero attached hydrogens (tertiary/aromatic N) is 5. The van der Waals surface area contributed by atoms with Crippen molar-refractivity contribution in [3.63, 3.8) is 0 Å². The summed E-state index contributed by atoms with van der Waals surface area (Å²) in [6, 6.07) is -0.0839. The molecule has 2 atom stereocenters. The van der Waals surface area contributed by atoms with Crippen molar-refractivity contribution in [2.24, 2.45) is 0 Å². The Morgan fingerprint density at radius 1 is 1.55 bits per heavy atom. The lowest BCUT2D eigenvalue weighted by Gasteiger charge is -2.22. The average Bonchev–Trinajstić information content (AvgIpc) is 2.94. The van der Waals surface area contributed by atoms with Gasteiger partial charge in [-0.15, -0.1) is 0 Å². The second kappa shape index (κ2) is 4.99. The number of halogens is 1. The summed E-state index contributed by atoms with van der Waals surface area (Å²) in [6.45, 7) is 2.35. The summed E-state index contributed by atoms with van der Waals surface area (Å²) in [5.74, 6) is -0.0457. The van der Waals surface area contributed by atoms with Crippen LogP contribution in [-0.4, -0.2) is 54.4 Å². The summed E-state index contributed by atoms with van der Waals surface area (Å²) in [7, 11) is 0. The van der Waals surface area contributed by atoms with Crippen molar-refractivity contribution < 1.29 is 9.90 Å². The molecule has 20 heavy (non-hydrogen) atoms. The predicted molar refractivity (Wildman–Crippen MR) is 72.1 cm³/mol. The molecule has 1 N–H and O–H groups in total. The standard InChI is InChI=1S/C12H14ClN5O2/c1-7(19)17-6-10(20)2-9(17)5-18-11-8(4-15-18)3-14-12(13)16-11/h3-4,9-10,20H,2,5-6H2,1H3/t9-,10+/m0/s1. The largest absolute Gasteiger partial charge is 0.391 e. The number of carbonyl (C=O) groups is 1. The highest BCUT2D eigenvalue weighted by molar-refractivity contribution is 6.28. The molecule has 0 unspecified atom stereocenters. The van der Waals surface area contributed by atoms with E-state index in [1.807, 2.05) is 0 Å². The van der Waals surface area contributed by atoms with Crippen LogP contribution in [-0.2, 0) is 11.3 Å². The van der Waals surface area contributed by atoms with Crippen LogP contribution in [0.25, 0.3) is 11.0 Å². The lowest BCUT2D eigenvalue weighted by atomic mass is 10.2. The number of hydrogen-bond acceptors (Lipinski definition) is 5. The Morgan fingerprint density at radius 2 is 2.35 bits per heavy atom. The molecule has 0 spiro atoms. The second-order valence-corrected chi connectivity index (χ2v) is 5.30. The van der Waals surface area contributed by atoms with Gasteiger partial charge in [-0.25, -0.2) is 9.67 Å². The van der Waals surface area contributed by atoms with Gasteiger partial charge in [0.05, 0.1) is 30.3 Å². The van der Waals surface area contributed by atoms with Gasteiger partial charge in [0.15, 0.2) is 5.65 Å². The summed E-state index contributed by atoms with van der Waals surface area (Å²) in [6.07, 6.45) is 3.33. The topological polar surface area (TPSA) is 84.1 Å². The van der Waals surface area contributed by atoms with Crippen LogP contribution in [0.2, 0.25) is 5.28 Å². The van der Waals surface area contributed by atoms with Gasteiger partial charge in [0.1, 0.15) is 0 Å². The number of carbonyl (C=O) groups excluding carboxylic acids is 1. The number of aliphatic hydroxyl groups is 1. The van der Waals surface area contributed by atoms with Crippen molar-refractivity contribution in [1.82, 2.24) is 24.6 Å². The molecule has 0 aromatic carbocycles. The Balaban J connectivity index is 1.89. The van der Waals surface area contributed by atoms with E-state index in [0.29, 0.717) is 25.2 Å². The van der Waals surface area contributed by atoms with Crippen molar-refractivity contribution in [2.45, 2.75) is 32.0 Å². The van der Waals surface area contributed by atoms with Gasteiger partial charge in [0.2, 0.25) is 11.2 Å². The van der Waals surface area contributed by atoms with Crippen LogP contribution in [0.3, 0.4) is 0 Å². The van der Waals surface area contributed by atoms with Gasteiger partial charge in [0, 0.05) is 19.7 Å². The van der Waals surface area contributed by atoms with E-state index in [1.165, 1.54) is 6.92 Å². The first kappa shape index (κ1) is 13.3. The Hall–Kier alpha value is -1.73. The summed E-state index contributed by atoms with van der Waals surface area (Å²) in [5.41, 5.74) is 0.634. The molecule has 8 heteroatoms. The third-order valence-electron chi connectivity index (χ3n) is 3.53. The normalized spacial score (nSPS) is 22.6. The van der Waals surface area contributed by atoms with Crippen LogP contribution in [0.5, 0.6) is 0 Å². The molecule has 2 aromatic heterocycles. The monoisotopic (exact) mass is 295 g/mol. The maximum Gasteiger partial charge on any atom is 0.224 e. The fraction of sp³-hybridized carbons (Fsp3) is 0.500. The fourth-order valence-corrected chi connectivity index (χ4v) is 2.76. The third-order valence-corrected chi connectivity index (χ3v) is 3.71. The number of hydrogen-bond donors (Lipinski definition) is 1. The first-order valence-electron chi connectivity index (χ1n) is 6.34. The summed E-state index contributed by atoms with van der Waals surface area (Å²) >= 11 is 5.80. The Bertz CT molecular complexity index is 658. The van der Waals surface area contributed by atoms with Crippen LogP contribution in [0.15, 0.2) is 12.4 Å². The van der Waals surface area contributed by atoms with Crippen molar-refractivity contribution >= 4 is 28.5 Å². The first-order chi connectivity index (χ1) is 9.54. The van der Waals surface area contributed by atoms with Crippen LogP contribution in [0.4, 0.5) is 0 Å². The highest BCUT2D eigenvalue weighted by Crippen LogP contribution is 2.21. The van der Waals surface area contributed by atoms with Gasteiger partial charge < -0.3 is 10.0 Å². The minimum Gasteiger partial charge on any atom is -0.391 e. The van der Waals surface area contributed by atoms with Gasteiger partial charge in [-0.05, 0) is 18.0 Å². The average molecular weight is 296 g/mol. The molecule has 7 nitrogen and oxygen atoms in total. The Kier molecular flexibility index (Phi) is 3.31. The SMILES string of the molecule is CC(=O)N1C[C@H](O)C[C@H]1Cn1ncc2cnc(Cl)nc21. The number of likely N-dealkylation sites (tertiary alicyclic amines) is 1. The quantitative estimate of drug-likeness (QED) is 0.814. The number of β-amino-alcohol motifs (C(OH)–C–C–N with tert-alkyl or cyclic N) is 1. The Morgan fingerprint density at radius 3 is 3.10 bits per heavy atom. The minimum atomic E-state index is -0.482. The predicted octanol–water partition coefficient (Wildman–Crippen LogP) is 0.461. The van der Waals surface area contributed by atoms with E-state index in [4.69, 9.17) is 11.6 Å². The van der Waals surface area contributed by atoms with E-state index >= 15 is 0 Å². The van der Waals surface area contributed by atoms with Crippen molar-refractivity contribution in [3.05, 3.63) is 17.7 Å². The first-order valence-corrected chi connectivity index (χ1v) is 6.71. The number of aliphatic hydroxyl groups excluding tert-OH is 1. The number of fused-ring (bicyclic) bond motifs is 1. The number of amides is 1. The molecule has 0 bridgehead atoms. The van der Waals surface area contributed by atoms with E-state index < -0.39 is 6.10 Å². The fourth-order valence-electron chi connectivity index (χ4n) is 2.63. The van der Waals surface area contributed by atoms with E-state index in [2.05, 4.69) is 15.1 Å². The molecule has 3 rings (SSSR count). The van der Waals surface area contributed by atoms with Gasteiger partial charge in [-0.2, -0.15) is 10.1 Å². The van der Waals surface area contributed by atoms with Crippen LogP contribution < -0.4 is 0 Å². The smallest absolute Gasteiger partial charge is 0.224 e. The molecule has 0 radical (unpaired) electrons. The summed E-state index contributed by atoms with van der Waals surface area (Å²) in [5, 5.41) is 14.9. The zero-order valence-corrected chi connectivity index (χ0v) is 11.7. The molecule has 3 heterocycles. The molecule has 106 valence electrons. The van der Waals surface area contributed by atoms with Crippen LogP contribution >= 0.6 is 11.6 Å². The van der Waals surface area contributed by atoms with E-state index in [1.54, 1.807) is 22.0 Å². The summed E-state index contributed by atoms with van der Waals surface area (Å²) in [4.78, 5) is 21.3. The third kappa shape index (κ3) is 2.34. The molecule has 2 aromatic rings. The van der Waals surface area contributed by atoms with Crippen LogP contribution in [0.1, 0.15) is 13.3 Å². The van der Waals surface area contributed by atoms with Gasteiger partial charge in [-0.3, -0.25) is 4.79 Å². The summed E-state index contributed by atoms with van der Waals surface area (Å²) < 4.78 is 1.70. The molecule has 0 aliphatic carbocycles. The number of aromatic nitrogens is 4. The molecular weight excluding hydrogens is 282 g/mol. The zero-order chi connectivity index (χ0) is 14.3. The van der Waals surface area contributed by atoms with Crippen molar-refractivity contribution in [3.8, 4) is 0 Å². The molecular formula is C12H14ClN5O2. The number of rotatable bonds is 2. The molecule has 0 saturated carbocycles. The van der Waals surface area contributed by atoms with Crippen molar-refractivity contribution in [2.75, 3.05) is 6.54 Å². The lowest BCUT2D eigenvalue weighted by molar-refractivity contribution is -0.130. The highest BCUT2D eigenvalue weighted by Gasteiger charge is 2.33. The zero-order valence-electron chi connectivity index (χ0n) is 10.9. The highest BCUT2D eigenvalue weighted by atomic mass is 35.5. The van der Waals surface area contributed by atoms with Crippen molar-refractivity contribution in [1.29, 1.82) is 0 Å². The van der Waals surface area contributed by atoms with Crippen LogP contribution in [0, 0.1) is 0 Å². The Labute approximate surface area is 120 Å². The molecule has 1 saturated heterocycles. The van der Waals surface area contributed by atoms with E-state index in [-0.39, 0.29) is 17.2 Å².